The number of hydrogen-bond donors (Lipinski definition) is 1. The van der Waals surface area contributed by atoms with Gasteiger partial charge in [0.2, 0.25) is 5.91 Å². The Kier molecular flexibility index (Phi) is 6.42. The van der Waals surface area contributed by atoms with Gasteiger partial charge in [-0.15, -0.1) is 0 Å². The van der Waals surface area contributed by atoms with Gasteiger partial charge in [-0.25, -0.2) is 0 Å². The van der Waals surface area contributed by atoms with Crippen molar-refractivity contribution < 1.29 is 9.53 Å². The van der Waals surface area contributed by atoms with Crippen LogP contribution in [-0.2, 0) is 9.53 Å². The van der Waals surface area contributed by atoms with E-state index in [9.17, 15) is 4.79 Å². The predicted molar refractivity (Wildman–Crippen MR) is 64.3 cm³/mol. The summed E-state index contributed by atoms with van der Waals surface area (Å²) < 4.78 is 5.47. The van der Waals surface area contributed by atoms with Crippen LogP contribution in [0.3, 0.4) is 0 Å². The average molecular weight is 228 g/mol. The molecule has 0 heterocycles. The van der Waals surface area contributed by atoms with Gasteiger partial charge in [0.15, 0.2) is 0 Å². The number of carbonyl (C=O) groups excluding carboxylic acids is 1. The predicted octanol–water partition coefficient (Wildman–Crippen LogP) is 0.871. The minimum atomic E-state index is 0.173. The lowest BCUT2D eigenvalue weighted by atomic mass is 10.4. The Labute approximate surface area is 98.3 Å². The van der Waals surface area contributed by atoms with E-state index in [0.29, 0.717) is 13.2 Å². The van der Waals surface area contributed by atoms with Gasteiger partial charge in [-0.3, -0.25) is 4.79 Å². The van der Waals surface area contributed by atoms with Crippen molar-refractivity contribution in [1.29, 1.82) is 0 Å². The molecule has 1 aliphatic carbocycles. The van der Waals surface area contributed by atoms with Crippen LogP contribution in [0.25, 0.3) is 0 Å². The fourth-order valence-electron chi connectivity index (χ4n) is 1.56. The van der Waals surface area contributed by atoms with Gasteiger partial charge in [-0.1, -0.05) is 0 Å². The van der Waals surface area contributed by atoms with Crippen LogP contribution in [0.15, 0.2) is 0 Å². The minimum absolute atomic E-state index is 0.173. The van der Waals surface area contributed by atoms with Crippen LogP contribution in [0.1, 0.15) is 26.7 Å². The first-order valence-corrected chi connectivity index (χ1v) is 6.34. The molecule has 1 saturated carbocycles. The van der Waals surface area contributed by atoms with Crippen LogP contribution in [0.5, 0.6) is 0 Å². The second kappa shape index (κ2) is 7.63. The second-order valence-electron chi connectivity index (χ2n) is 4.26. The van der Waals surface area contributed by atoms with Crippen molar-refractivity contribution in [3.63, 3.8) is 0 Å². The quantitative estimate of drug-likeness (QED) is 0.595. The molecule has 16 heavy (non-hydrogen) atoms. The molecule has 0 saturated heterocycles. The number of nitrogens with one attached hydrogen (secondary N) is 1. The monoisotopic (exact) mass is 228 g/mol. The molecule has 1 fully saturated rings. The van der Waals surface area contributed by atoms with Crippen molar-refractivity contribution in [2.45, 2.75) is 26.7 Å². The summed E-state index contributed by atoms with van der Waals surface area (Å²) in [7, 11) is 0. The Morgan fingerprint density at radius 1 is 1.38 bits per heavy atom. The smallest absolute Gasteiger partial charge is 0.236 e. The minimum Gasteiger partial charge on any atom is -0.380 e. The van der Waals surface area contributed by atoms with Crippen molar-refractivity contribution in [3.05, 3.63) is 0 Å². The lowest BCUT2D eigenvalue weighted by Crippen LogP contribution is -2.38. The molecule has 1 N–H and O–H groups in total. The summed E-state index contributed by atoms with van der Waals surface area (Å²) in [5.74, 6) is 0.990. The Balaban J connectivity index is 1.90. The van der Waals surface area contributed by atoms with Crippen molar-refractivity contribution in [2.75, 3.05) is 39.4 Å². The summed E-state index contributed by atoms with van der Waals surface area (Å²) in [6, 6.07) is 0. The molecule has 0 unspecified atom stereocenters. The Morgan fingerprint density at radius 3 is 2.62 bits per heavy atom. The van der Waals surface area contributed by atoms with Crippen LogP contribution in [0.4, 0.5) is 0 Å². The number of hydrogen-bond acceptors (Lipinski definition) is 3. The van der Waals surface area contributed by atoms with E-state index in [2.05, 4.69) is 5.32 Å². The zero-order chi connectivity index (χ0) is 11.8. The fraction of sp³-hybridized carbons (Fsp3) is 0.917. The van der Waals surface area contributed by atoms with E-state index in [1.54, 1.807) is 0 Å². The highest BCUT2D eigenvalue weighted by molar-refractivity contribution is 5.78. The van der Waals surface area contributed by atoms with E-state index in [-0.39, 0.29) is 5.91 Å². The number of likely N-dealkylation sites (N-methyl/N-ethyl adjacent to an activating group) is 1. The van der Waals surface area contributed by atoms with E-state index in [4.69, 9.17) is 4.74 Å². The van der Waals surface area contributed by atoms with Gasteiger partial charge in [-0.2, -0.15) is 0 Å². The maximum Gasteiger partial charge on any atom is 0.236 e. The highest BCUT2D eigenvalue weighted by Crippen LogP contribution is 2.28. The van der Waals surface area contributed by atoms with E-state index in [1.165, 1.54) is 12.8 Å². The van der Waals surface area contributed by atoms with Crippen LogP contribution < -0.4 is 5.32 Å². The molecule has 4 heteroatoms. The standard InChI is InChI=1S/C12H24N2O2/c1-3-14(4-2)12(15)9-13-7-8-16-10-11-5-6-11/h11,13H,3-10H2,1-2H3. The molecule has 0 spiro atoms. The first kappa shape index (κ1) is 13.5. The summed E-state index contributed by atoms with van der Waals surface area (Å²) >= 11 is 0. The fourth-order valence-corrected chi connectivity index (χ4v) is 1.56. The normalized spacial score (nSPS) is 15.1. The van der Waals surface area contributed by atoms with Gasteiger partial charge in [0, 0.05) is 26.2 Å². The number of nitrogens with zero attached hydrogens (tertiary/aromatic N) is 1. The highest BCUT2D eigenvalue weighted by Gasteiger charge is 2.20. The van der Waals surface area contributed by atoms with Gasteiger partial charge in [0.1, 0.15) is 0 Å². The molecule has 4 nitrogen and oxygen atoms in total. The lowest BCUT2D eigenvalue weighted by Gasteiger charge is -2.18. The van der Waals surface area contributed by atoms with E-state index in [1.807, 2.05) is 18.7 Å². The molecule has 1 rings (SSSR count). The van der Waals surface area contributed by atoms with Crippen molar-refractivity contribution >= 4 is 5.91 Å². The van der Waals surface area contributed by atoms with Crippen molar-refractivity contribution in [1.82, 2.24) is 10.2 Å². The highest BCUT2D eigenvalue weighted by atomic mass is 16.5. The van der Waals surface area contributed by atoms with Gasteiger partial charge in [0.05, 0.1) is 13.2 Å². The number of rotatable bonds is 9. The van der Waals surface area contributed by atoms with Gasteiger partial charge >= 0.3 is 0 Å². The summed E-state index contributed by atoms with van der Waals surface area (Å²) in [6.07, 6.45) is 2.65. The first-order chi connectivity index (χ1) is 7.77. The number of ether oxygens (including phenoxy) is 1. The molecule has 94 valence electrons. The summed E-state index contributed by atoms with van der Waals surface area (Å²) in [4.78, 5) is 13.4. The van der Waals surface area contributed by atoms with Gasteiger partial charge in [0.25, 0.3) is 0 Å². The summed E-state index contributed by atoms with van der Waals surface area (Å²) in [5.41, 5.74) is 0. The molecular formula is C12H24N2O2. The zero-order valence-corrected chi connectivity index (χ0v) is 10.5. The van der Waals surface area contributed by atoms with Crippen LogP contribution in [-0.4, -0.2) is 50.2 Å². The number of amides is 1. The van der Waals surface area contributed by atoms with Crippen LogP contribution >= 0.6 is 0 Å². The van der Waals surface area contributed by atoms with Crippen LogP contribution in [0, 0.1) is 5.92 Å². The molecule has 0 aromatic rings. The molecule has 0 aromatic carbocycles. The Bertz CT molecular complexity index is 201. The number of carbonyl (C=O) groups is 1. The molecule has 0 radical (unpaired) electrons. The molecule has 0 aromatic heterocycles. The third kappa shape index (κ3) is 5.47. The van der Waals surface area contributed by atoms with Crippen molar-refractivity contribution in [3.8, 4) is 0 Å². The van der Waals surface area contributed by atoms with Gasteiger partial charge in [-0.05, 0) is 32.6 Å². The van der Waals surface area contributed by atoms with Crippen LogP contribution in [0.2, 0.25) is 0 Å². The van der Waals surface area contributed by atoms with E-state index >= 15 is 0 Å². The Hall–Kier alpha value is -0.610. The van der Waals surface area contributed by atoms with E-state index in [0.717, 1.165) is 32.2 Å². The molecular weight excluding hydrogens is 204 g/mol. The van der Waals surface area contributed by atoms with E-state index < -0.39 is 0 Å². The molecule has 0 atom stereocenters. The molecule has 0 bridgehead atoms. The summed E-state index contributed by atoms with van der Waals surface area (Å²) in [5, 5.41) is 3.11. The maximum atomic E-state index is 11.6. The molecule has 1 aliphatic rings. The lowest BCUT2D eigenvalue weighted by molar-refractivity contribution is -0.129. The van der Waals surface area contributed by atoms with Gasteiger partial charge < -0.3 is 15.0 Å². The van der Waals surface area contributed by atoms with Crippen molar-refractivity contribution in [2.24, 2.45) is 5.92 Å². The first-order valence-electron chi connectivity index (χ1n) is 6.34. The third-order valence-corrected chi connectivity index (χ3v) is 2.87. The Morgan fingerprint density at radius 2 is 2.06 bits per heavy atom. The topological polar surface area (TPSA) is 41.6 Å². The maximum absolute atomic E-state index is 11.6. The second-order valence-corrected chi connectivity index (χ2v) is 4.26. The average Bonchev–Trinajstić information content (AvgIpc) is 3.09. The summed E-state index contributed by atoms with van der Waals surface area (Å²) in [6.45, 7) is 8.37. The SMILES string of the molecule is CCN(CC)C(=O)CNCCOCC1CC1. The third-order valence-electron chi connectivity index (χ3n) is 2.87. The molecule has 0 aliphatic heterocycles. The molecule has 1 amide bonds. The zero-order valence-electron chi connectivity index (χ0n) is 10.5. The largest absolute Gasteiger partial charge is 0.380 e.